The van der Waals surface area contributed by atoms with Gasteiger partial charge in [-0.1, -0.05) is 158 Å². The van der Waals surface area contributed by atoms with Gasteiger partial charge in [0.15, 0.2) is 0 Å². The first-order chi connectivity index (χ1) is 27.3. The van der Waals surface area contributed by atoms with E-state index in [1.165, 1.54) is 69.7 Å². The summed E-state index contributed by atoms with van der Waals surface area (Å²) < 4.78 is 9.31. The van der Waals surface area contributed by atoms with Crippen LogP contribution in [0, 0.1) is 0 Å². The molecule has 0 aliphatic heterocycles. The van der Waals surface area contributed by atoms with Crippen molar-refractivity contribution >= 4 is 81.3 Å². The number of nitrogens with zero attached hydrogens (tertiary/aromatic N) is 1. The third kappa shape index (κ3) is 5.24. The Bertz CT molecular complexity index is 3080. The highest BCUT2D eigenvalue weighted by Gasteiger charge is 2.24. The molecule has 0 bridgehead atoms. The highest BCUT2D eigenvalue weighted by molar-refractivity contribution is 7.27. The number of thiophene rings is 1. The molecule has 2 heterocycles. The van der Waals surface area contributed by atoms with E-state index in [-0.39, 0.29) is 0 Å². The van der Waals surface area contributed by atoms with Gasteiger partial charge < -0.3 is 9.32 Å². The first-order valence-electron chi connectivity index (χ1n) is 18.7. The van der Waals surface area contributed by atoms with Gasteiger partial charge in [-0.05, 0) is 81.2 Å². The fourth-order valence-corrected chi connectivity index (χ4v) is 9.60. The van der Waals surface area contributed by atoms with Crippen molar-refractivity contribution in [1.82, 2.24) is 0 Å². The van der Waals surface area contributed by atoms with Gasteiger partial charge >= 0.3 is 0 Å². The molecule has 0 radical (unpaired) electrons. The summed E-state index contributed by atoms with van der Waals surface area (Å²) in [7, 11) is 0. The standard InChI is InChI=1S/C52H33NOS/c1-4-14-34(15-5-1)36-24-28-39(29-25-36)53(40-30-26-37(27-31-40)35-16-6-2-7-17-35)41-32-45(38-18-8-3-9-19-38)49-47(33-41)55-52-43-21-11-10-20-42(43)48-44-22-12-13-23-46(44)54-51(48)50(49)52/h1-33H. The summed E-state index contributed by atoms with van der Waals surface area (Å²) in [6.45, 7) is 0. The molecule has 0 spiro atoms. The van der Waals surface area contributed by atoms with Crippen LogP contribution in [-0.4, -0.2) is 0 Å². The SMILES string of the molecule is c1ccc(-c2ccc(N(c3ccc(-c4ccccc4)cc3)c3cc(-c4ccccc4)c4c(c3)sc3c5ccccc5c5c6ccccc6oc5c34)cc2)cc1. The average molecular weight is 720 g/mol. The van der Waals surface area contributed by atoms with Crippen molar-refractivity contribution in [3.63, 3.8) is 0 Å². The molecular weight excluding hydrogens is 687 g/mol. The van der Waals surface area contributed by atoms with Crippen molar-refractivity contribution in [2.45, 2.75) is 0 Å². The summed E-state index contributed by atoms with van der Waals surface area (Å²) in [4.78, 5) is 2.40. The van der Waals surface area contributed by atoms with Crippen LogP contribution >= 0.6 is 11.3 Å². The molecule has 0 N–H and O–H groups in total. The molecule has 2 aromatic heterocycles. The molecule has 258 valence electrons. The first kappa shape index (κ1) is 31.6. The van der Waals surface area contributed by atoms with E-state index in [1.807, 2.05) is 11.3 Å². The summed E-state index contributed by atoms with van der Waals surface area (Å²) in [6, 6.07) is 71.9. The van der Waals surface area contributed by atoms with Crippen molar-refractivity contribution < 1.29 is 4.42 Å². The lowest BCUT2D eigenvalue weighted by molar-refractivity contribution is 0.673. The van der Waals surface area contributed by atoms with E-state index in [2.05, 4.69) is 205 Å². The number of hydrogen-bond donors (Lipinski definition) is 0. The highest BCUT2D eigenvalue weighted by Crippen LogP contribution is 2.51. The van der Waals surface area contributed by atoms with Gasteiger partial charge in [-0.25, -0.2) is 0 Å². The number of anilines is 3. The average Bonchev–Trinajstić information content (AvgIpc) is 3.85. The van der Waals surface area contributed by atoms with Crippen LogP contribution in [0.25, 0.3) is 86.3 Å². The highest BCUT2D eigenvalue weighted by atomic mass is 32.1. The normalized spacial score (nSPS) is 11.6. The Balaban J connectivity index is 1.19. The number of para-hydroxylation sites is 1. The second kappa shape index (κ2) is 12.9. The molecule has 0 saturated carbocycles. The van der Waals surface area contributed by atoms with E-state index < -0.39 is 0 Å². The minimum atomic E-state index is 0.913. The van der Waals surface area contributed by atoms with E-state index >= 15 is 0 Å². The van der Waals surface area contributed by atoms with E-state index in [9.17, 15) is 0 Å². The molecule has 0 saturated heterocycles. The Morgan fingerprint density at radius 3 is 1.45 bits per heavy atom. The van der Waals surface area contributed by atoms with Gasteiger partial charge in [0.25, 0.3) is 0 Å². The molecule has 0 amide bonds. The zero-order chi connectivity index (χ0) is 36.3. The molecular formula is C52H33NOS. The summed E-state index contributed by atoms with van der Waals surface area (Å²) in [5.41, 5.74) is 12.3. The van der Waals surface area contributed by atoms with Crippen molar-refractivity contribution in [2.24, 2.45) is 0 Å². The maximum absolute atomic E-state index is 6.84. The van der Waals surface area contributed by atoms with Gasteiger partial charge in [0, 0.05) is 53.4 Å². The number of benzene rings is 9. The van der Waals surface area contributed by atoms with Crippen LogP contribution in [0.4, 0.5) is 17.1 Å². The topological polar surface area (TPSA) is 16.4 Å². The predicted molar refractivity (Wildman–Crippen MR) is 235 cm³/mol. The third-order valence-corrected chi connectivity index (χ3v) is 12.0. The van der Waals surface area contributed by atoms with Crippen molar-refractivity contribution in [3.05, 3.63) is 200 Å². The van der Waals surface area contributed by atoms with Gasteiger partial charge in [-0.2, -0.15) is 0 Å². The molecule has 9 aromatic carbocycles. The number of hydrogen-bond acceptors (Lipinski definition) is 3. The monoisotopic (exact) mass is 719 g/mol. The summed E-state index contributed by atoms with van der Waals surface area (Å²) >= 11 is 1.86. The summed E-state index contributed by atoms with van der Waals surface area (Å²) in [5.74, 6) is 0. The van der Waals surface area contributed by atoms with Crippen LogP contribution in [0.2, 0.25) is 0 Å². The number of rotatable bonds is 6. The minimum absolute atomic E-state index is 0.913. The van der Waals surface area contributed by atoms with E-state index in [0.29, 0.717) is 0 Å². The van der Waals surface area contributed by atoms with Crippen LogP contribution in [0.5, 0.6) is 0 Å². The molecule has 55 heavy (non-hydrogen) atoms. The maximum atomic E-state index is 6.84. The largest absolute Gasteiger partial charge is 0.455 e. The molecule has 0 atom stereocenters. The second-order valence-corrected chi connectivity index (χ2v) is 15.1. The molecule has 3 heteroatoms. The first-order valence-corrected chi connectivity index (χ1v) is 19.5. The number of fused-ring (bicyclic) bond motifs is 10. The lowest BCUT2D eigenvalue weighted by Crippen LogP contribution is -2.10. The van der Waals surface area contributed by atoms with Crippen molar-refractivity contribution in [3.8, 4) is 33.4 Å². The quantitative estimate of drug-likeness (QED) is 0.170. The zero-order valence-corrected chi connectivity index (χ0v) is 30.6. The Labute approximate surface area is 322 Å². The fraction of sp³-hybridized carbons (Fsp3) is 0. The Kier molecular flexibility index (Phi) is 7.39. The van der Waals surface area contributed by atoms with Crippen LogP contribution in [0.3, 0.4) is 0 Å². The zero-order valence-electron chi connectivity index (χ0n) is 29.8. The predicted octanol–water partition coefficient (Wildman–Crippen LogP) is 15.6. The molecule has 2 nitrogen and oxygen atoms in total. The molecule has 0 fully saturated rings. The van der Waals surface area contributed by atoms with Crippen LogP contribution in [-0.2, 0) is 0 Å². The summed E-state index contributed by atoms with van der Waals surface area (Å²) in [6.07, 6.45) is 0. The lowest BCUT2D eigenvalue weighted by Gasteiger charge is -2.27. The molecule has 0 aliphatic carbocycles. The number of furan rings is 1. The van der Waals surface area contributed by atoms with E-state index in [4.69, 9.17) is 4.42 Å². The Hall–Kier alpha value is -6.94. The molecule has 11 aromatic rings. The van der Waals surface area contributed by atoms with E-state index in [0.717, 1.165) is 33.6 Å². The second-order valence-electron chi connectivity index (χ2n) is 14.0. The van der Waals surface area contributed by atoms with E-state index in [1.54, 1.807) is 0 Å². The summed E-state index contributed by atoms with van der Waals surface area (Å²) in [5, 5.41) is 7.21. The maximum Gasteiger partial charge on any atom is 0.145 e. The van der Waals surface area contributed by atoms with Crippen LogP contribution < -0.4 is 4.90 Å². The molecule has 11 rings (SSSR count). The minimum Gasteiger partial charge on any atom is -0.455 e. The third-order valence-electron chi connectivity index (χ3n) is 10.8. The van der Waals surface area contributed by atoms with Gasteiger partial charge in [0.1, 0.15) is 11.2 Å². The Morgan fingerprint density at radius 2 is 0.855 bits per heavy atom. The van der Waals surface area contributed by atoms with Gasteiger partial charge in [0.2, 0.25) is 0 Å². The smallest absolute Gasteiger partial charge is 0.145 e. The van der Waals surface area contributed by atoms with Crippen molar-refractivity contribution in [1.29, 1.82) is 0 Å². The molecule has 0 aliphatic rings. The fourth-order valence-electron chi connectivity index (χ4n) is 8.30. The molecule has 0 unspecified atom stereocenters. The van der Waals surface area contributed by atoms with Crippen LogP contribution in [0.15, 0.2) is 205 Å². The van der Waals surface area contributed by atoms with Gasteiger partial charge in [-0.3, -0.25) is 0 Å². The lowest BCUT2D eigenvalue weighted by atomic mass is 9.95. The van der Waals surface area contributed by atoms with Crippen molar-refractivity contribution in [2.75, 3.05) is 4.90 Å². The Morgan fingerprint density at radius 1 is 0.364 bits per heavy atom. The van der Waals surface area contributed by atoms with Gasteiger partial charge in [0.05, 0.1) is 0 Å². The van der Waals surface area contributed by atoms with Gasteiger partial charge in [-0.15, -0.1) is 11.3 Å². The van der Waals surface area contributed by atoms with Crippen LogP contribution in [0.1, 0.15) is 0 Å².